The van der Waals surface area contributed by atoms with Gasteiger partial charge in [-0.1, -0.05) is 12.1 Å². The quantitative estimate of drug-likeness (QED) is 0.897. The normalized spacial score (nSPS) is 13.4. The van der Waals surface area contributed by atoms with Gasteiger partial charge in [-0.3, -0.25) is 0 Å². The lowest BCUT2D eigenvalue weighted by atomic mass is 10.2. The molecule has 0 saturated carbocycles. The molecule has 1 aliphatic heterocycles. The highest BCUT2D eigenvalue weighted by Crippen LogP contribution is 2.33. The SMILES string of the molecule is COc1cccc(-c2nc(N)c3c(n2)CSC3)c1. The van der Waals surface area contributed by atoms with Gasteiger partial charge < -0.3 is 10.5 Å². The van der Waals surface area contributed by atoms with Crippen molar-refractivity contribution in [3.63, 3.8) is 0 Å². The van der Waals surface area contributed by atoms with E-state index in [0.29, 0.717) is 11.6 Å². The standard InChI is InChI=1S/C13H13N3OS/c1-17-9-4-2-3-8(5-9)13-15-11-7-18-6-10(11)12(14)16-13/h2-5H,6-7H2,1H3,(H2,14,15,16). The van der Waals surface area contributed by atoms with Crippen LogP contribution in [0.15, 0.2) is 24.3 Å². The highest BCUT2D eigenvalue weighted by molar-refractivity contribution is 7.98. The van der Waals surface area contributed by atoms with Gasteiger partial charge in [0.2, 0.25) is 0 Å². The number of nitrogens with zero attached hydrogens (tertiary/aromatic N) is 2. The van der Waals surface area contributed by atoms with Gasteiger partial charge in [0.15, 0.2) is 5.82 Å². The van der Waals surface area contributed by atoms with Crippen LogP contribution in [0.1, 0.15) is 11.3 Å². The fourth-order valence-electron chi connectivity index (χ4n) is 1.97. The number of methoxy groups -OCH3 is 1. The summed E-state index contributed by atoms with van der Waals surface area (Å²) in [6, 6.07) is 7.71. The number of fused-ring (bicyclic) bond motifs is 1. The largest absolute Gasteiger partial charge is 0.497 e. The Morgan fingerprint density at radius 1 is 1.28 bits per heavy atom. The molecule has 3 rings (SSSR count). The molecule has 92 valence electrons. The molecule has 2 N–H and O–H groups in total. The van der Waals surface area contributed by atoms with Crippen LogP contribution in [-0.2, 0) is 11.5 Å². The van der Waals surface area contributed by atoms with Gasteiger partial charge in [0.1, 0.15) is 11.6 Å². The first kappa shape index (κ1) is 11.3. The van der Waals surface area contributed by atoms with Crippen LogP contribution < -0.4 is 10.5 Å². The summed E-state index contributed by atoms with van der Waals surface area (Å²) in [5, 5.41) is 0. The molecular formula is C13H13N3OS. The molecular weight excluding hydrogens is 246 g/mol. The summed E-state index contributed by atoms with van der Waals surface area (Å²) < 4.78 is 5.21. The van der Waals surface area contributed by atoms with Gasteiger partial charge in [-0.25, -0.2) is 9.97 Å². The van der Waals surface area contributed by atoms with Crippen molar-refractivity contribution in [2.45, 2.75) is 11.5 Å². The summed E-state index contributed by atoms with van der Waals surface area (Å²) in [6.45, 7) is 0. The molecule has 1 aliphatic rings. The second kappa shape index (κ2) is 4.49. The summed E-state index contributed by atoms with van der Waals surface area (Å²) in [5.41, 5.74) is 9.07. The van der Waals surface area contributed by atoms with Crippen molar-refractivity contribution in [3.05, 3.63) is 35.5 Å². The van der Waals surface area contributed by atoms with Crippen molar-refractivity contribution in [3.8, 4) is 17.1 Å². The topological polar surface area (TPSA) is 61.0 Å². The summed E-state index contributed by atoms with van der Waals surface area (Å²) in [4.78, 5) is 8.98. The van der Waals surface area contributed by atoms with Crippen LogP contribution in [0.5, 0.6) is 5.75 Å². The number of nitrogens with two attached hydrogens (primary N) is 1. The van der Waals surface area contributed by atoms with Crippen LogP contribution >= 0.6 is 11.8 Å². The van der Waals surface area contributed by atoms with E-state index in [9.17, 15) is 0 Å². The Balaban J connectivity index is 2.09. The molecule has 2 heterocycles. The van der Waals surface area contributed by atoms with Crippen LogP contribution in [0, 0.1) is 0 Å². The molecule has 5 heteroatoms. The number of nitrogen functional groups attached to an aromatic ring is 1. The molecule has 0 aliphatic carbocycles. The van der Waals surface area contributed by atoms with Crippen molar-refractivity contribution in [2.24, 2.45) is 0 Å². The first-order valence-electron chi connectivity index (χ1n) is 5.65. The molecule has 0 atom stereocenters. The number of thioether (sulfide) groups is 1. The van der Waals surface area contributed by atoms with Gasteiger partial charge in [0.25, 0.3) is 0 Å². The minimum absolute atomic E-state index is 0.600. The van der Waals surface area contributed by atoms with Crippen molar-refractivity contribution in [1.82, 2.24) is 9.97 Å². The molecule has 0 unspecified atom stereocenters. The first-order valence-corrected chi connectivity index (χ1v) is 6.81. The number of benzene rings is 1. The molecule has 0 bridgehead atoms. The van der Waals surface area contributed by atoms with Crippen LogP contribution in [0.4, 0.5) is 5.82 Å². The predicted octanol–water partition coefficient (Wildman–Crippen LogP) is 2.48. The summed E-state index contributed by atoms with van der Waals surface area (Å²) in [7, 11) is 1.65. The van der Waals surface area contributed by atoms with Gasteiger partial charge in [-0.2, -0.15) is 11.8 Å². The Morgan fingerprint density at radius 2 is 2.17 bits per heavy atom. The zero-order valence-electron chi connectivity index (χ0n) is 10.0. The summed E-state index contributed by atoms with van der Waals surface area (Å²) >= 11 is 1.82. The fraction of sp³-hybridized carbons (Fsp3) is 0.231. The molecule has 4 nitrogen and oxygen atoms in total. The summed E-state index contributed by atoms with van der Waals surface area (Å²) in [5.74, 6) is 3.90. The van der Waals surface area contributed by atoms with Crippen LogP contribution in [-0.4, -0.2) is 17.1 Å². The monoisotopic (exact) mass is 259 g/mol. The lowest BCUT2D eigenvalue weighted by molar-refractivity contribution is 0.415. The van der Waals surface area contributed by atoms with Crippen molar-refractivity contribution < 1.29 is 4.74 Å². The Labute approximate surface area is 110 Å². The van der Waals surface area contributed by atoms with Gasteiger partial charge in [-0.05, 0) is 12.1 Å². The van der Waals surface area contributed by atoms with Crippen molar-refractivity contribution >= 4 is 17.6 Å². The molecule has 0 radical (unpaired) electrons. The minimum Gasteiger partial charge on any atom is -0.497 e. The molecule has 1 aromatic carbocycles. The number of hydrogen-bond acceptors (Lipinski definition) is 5. The van der Waals surface area contributed by atoms with Gasteiger partial charge in [-0.15, -0.1) is 0 Å². The smallest absolute Gasteiger partial charge is 0.161 e. The van der Waals surface area contributed by atoms with E-state index in [2.05, 4.69) is 9.97 Å². The zero-order valence-corrected chi connectivity index (χ0v) is 10.8. The molecule has 2 aromatic rings. The fourth-order valence-corrected chi connectivity index (χ4v) is 3.02. The molecule has 1 aromatic heterocycles. The van der Waals surface area contributed by atoms with Crippen LogP contribution in [0.25, 0.3) is 11.4 Å². The van der Waals surface area contributed by atoms with E-state index in [4.69, 9.17) is 10.5 Å². The lowest BCUT2D eigenvalue weighted by Crippen LogP contribution is -2.02. The Morgan fingerprint density at radius 3 is 3.00 bits per heavy atom. The van der Waals surface area contributed by atoms with Crippen LogP contribution in [0.3, 0.4) is 0 Å². The minimum atomic E-state index is 0.600. The number of anilines is 1. The zero-order chi connectivity index (χ0) is 12.5. The second-order valence-corrected chi connectivity index (χ2v) is 5.07. The Hall–Kier alpha value is -1.75. The van der Waals surface area contributed by atoms with E-state index in [1.807, 2.05) is 36.0 Å². The Kier molecular flexibility index (Phi) is 2.83. The molecule has 0 fully saturated rings. The third kappa shape index (κ3) is 1.90. The number of aromatic nitrogens is 2. The van der Waals surface area contributed by atoms with Gasteiger partial charge >= 0.3 is 0 Å². The van der Waals surface area contributed by atoms with E-state index in [1.165, 1.54) is 0 Å². The van der Waals surface area contributed by atoms with E-state index < -0.39 is 0 Å². The number of rotatable bonds is 2. The number of ether oxygens (including phenoxy) is 1. The maximum Gasteiger partial charge on any atom is 0.161 e. The maximum atomic E-state index is 5.98. The van der Waals surface area contributed by atoms with Crippen molar-refractivity contribution in [1.29, 1.82) is 0 Å². The molecule has 0 saturated heterocycles. The lowest BCUT2D eigenvalue weighted by Gasteiger charge is -2.07. The van der Waals surface area contributed by atoms with E-state index in [-0.39, 0.29) is 0 Å². The average molecular weight is 259 g/mol. The average Bonchev–Trinajstić information content (AvgIpc) is 2.87. The van der Waals surface area contributed by atoms with E-state index >= 15 is 0 Å². The Bertz CT molecular complexity index is 601. The number of hydrogen-bond donors (Lipinski definition) is 1. The molecule has 18 heavy (non-hydrogen) atoms. The van der Waals surface area contributed by atoms with Gasteiger partial charge in [0.05, 0.1) is 12.8 Å². The molecule has 0 amide bonds. The van der Waals surface area contributed by atoms with Crippen molar-refractivity contribution in [2.75, 3.05) is 12.8 Å². The van der Waals surface area contributed by atoms with Crippen LogP contribution in [0.2, 0.25) is 0 Å². The maximum absolute atomic E-state index is 5.98. The third-order valence-corrected chi connectivity index (χ3v) is 3.91. The highest BCUT2D eigenvalue weighted by Gasteiger charge is 2.18. The molecule has 0 spiro atoms. The summed E-state index contributed by atoms with van der Waals surface area (Å²) in [6.07, 6.45) is 0. The highest BCUT2D eigenvalue weighted by atomic mass is 32.2. The predicted molar refractivity (Wildman–Crippen MR) is 73.4 cm³/mol. The third-order valence-electron chi connectivity index (χ3n) is 2.94. The van der Waals surface area contributed by atoms with E-state index in [0.717, 1.165) is 34.1 Å². The van der Waals surface area contributed by atoms with E-state index in [1.54, 1.807) is 7.11 Å². The first-order chi connectivity index (χ1) is 8.78. The van der Waals surface area contributed by atoms with Gasteiger partial charge in [0, 0.05) is 22.6 Å². The second-order valence-electron chi connectivity index (χ2n) is 4.08.